The summed E-state index contributed by atoms with van der Waals surface area (Å²) in [4.78, 5) is 2.49. The zero-order chi connectivity index (χ0) is 10.2. The molecule has 0 aliphatic carbocycles. The maximum atomic E-state index is 5.48. The molecular formula is C11H23NO2. The van der Waals surface area contributed by atoms with Crippen LogP contribution in [0.3, 0.4) is 0 Å². The Bertz CT molecular complexity index is 127. The lowest BCUT2D eigenvalue weighted by molar-refractivity contribution is 0.0196. The average Bonchev–Trinajstić information content (AvgIpc) is 2.71. The van der Waals surface area contributed by atoms with Gasteiger partial charge in [0.2, 0.25) is 0 Å². The number of rotatable bonds is 7. The van der Waals surface area contributed by atoms with Gasteiger partial charge in [-0.3, -0.25) is 4.90 Å². The van der Waals surface area contributed by atoms with Gasteiger partial charge in [-0.05, 0) is 39.8 Å². The van der Waals surface area contributed by atoms with Crippen molar-refractivity contribution < 1.29 is 9.47 Å². The van der Waals surface area contributed by atoms with Gasteiger partial charge < -0.3 is 9.47 Å². The number of hydrogen-bond donors (Lipinski definition) is 0. The molecule has 0 atom stereocenters. The van der Waals surface area contributed by atoms with Crippen LogP contribution in [0.15, 0.2) is 0 Å². The summed E-state index contributed by atoms with van der Waals surface area (Å²) < 4.78 is 11.0. The molecule has 0 N–H and O–H groups in total. The molecule has 0 saturated carbocycles. The Hall–Kier alpha value is -0.120. The Balaban J connectivity index is 2.26. The van der Waals surface area contributed by atoms with E-state index in [1.807, 2.05) is 13.8 Å². The summed E-state index contributed by atoms with van der Waals surface area (Å²) in [5.41, 5.74) is 0. The molecule has 84 valence electrons. The minimum atomic E-state index is 0.470. The molecular weight excluding hydrogens is 178 g/mol. The molecule has 0 bridgehead atoms. The molecule has 1 heterocycles. The van der Waals surface area contributed by atoms with E-state index in [4.69, 9.17) is 9.47 Å². The number of nitrogens with zero attached hydrogens (tertiary/aromatic N) is 1. The van der Waals surface area contributed by atoms with E-state index in [0.29, 0.717) is 6.04 Å². The van der Waals surface area contributed by atoms with Crippen LogP contribution in [-0.4, -0.2) is 50.5 Å². The lowest BCUT2D eigenvalue weighted by Gasteiger charge is -2.26. The van der Waals surface area contributed by atoms with Gasteiger partial charge in [-0.1, -0.05) is 0 Å². The van der Waals surface area contributed by atoms with Gasteiger partial charge in [0.1, 0.15) is 0 Å². The van der Waals surface area contributed by atoms with Gasteiger partial charge in [0, 0.05) is 13.2 Å². The monoisotopic (exact) mass is 201 g/mol. The van der Waals surface area contributed by atoms with E-state index in [2.05, 4.69) is 4.90 Å². The van der Waals surface area contributed by atoms with Crippen LogP contribution in [0.5, 0.6) is 0 Å². The maximum Gasteiger partial charge on any atom is 0.0644 e. The van der Waals surface area contributed by atoms with Gasteiger partial charge >= 0.3 is 0 Å². The van der Waals surface area contributed by atoms with Crippen molar-refractivity contribution >= 4 is 0 Å². The van der Waals surface area contributed by atoms with Gasteiger partial charge in [0.15, 0.2) is 0 Å². The molecule has 0 aromatic heterocycles. The second-order valence-electron chi connectivity index (χ2n) is 3.72. The molecule has 0 unspecified atom stereocenters. The highest BCUT2D eigenvalue weighted by Gasteiger charge is 2.21. The first-order valence-corrected chi connectivity index (χ1v) is 5.78. The number of likely N-dealkylation sites (tertiary alicyclic amines) is 1. The highest BCUT2D eigenvalue weighted by atomic mass is 16.5. The summed E-state index contributed by atoms with van der Waals surface area (Å²) >= 11 is 0. The van der Waals surface area contributed by atoms with Crippen molar-refractivity contribution in [2.75, 3.05) is 39.5 Å². The molecule has 0 amide bonds. The van der Waals surface area contributed by atoms with E-state index < -0.39 is 0 Å². The summed E-state index contributed by atoms with van der Waals surface area (Å²) in [6.07, 6.45) is 2.66. The van der Waals surface area contributed by atoms with Crippen LogP contribution in [0, 0.1) is 0 Å². The zero-order valence-corrected chi connectivity index (χ0v) is 9.50. The molecule has 14 heavy (non-hydrogen) atoms. The summed E-state index contributed by atoms with van der Waals surface area (Å²) in [5.74, 6) is 0. The highest BCUT2D eigenvalue weighted by Crippen LogP contribution is 2.12. The topological polar surface area (TPSA) is 21.7 Å². The van der Waals surface area contributed by atoms with Crippen LogP contribution in [0.25, 0.3) is 0 Å². The Labute approximate surface area is 87.4 Å². The highest BCUT2D eigenvalue weighted by molar-refractivity contribution is 4.75. The number of hydrogen-bond acceptors (Lipinski definition) is 3. The molecule has 1 aliphatic heterocycles. The third-order valence-corrected chi connectivity index (χ3v) is 2.69. The largest absolute Gasteiger partial charge is 0.380 e. The average molecular weight is 201 g/mol. The smallest absolute Gasteiger partial charge is 0.0644 e. The van der Waals surface area contributed by atoms with Crippen molar-refractivity contribution in [3.63, 3.8) is 0 Å². The van der Waals surface area contributed by atoms with Crippen molar-refractivity contribution in [3.05, 3.63) is 0 Å². The Kier molecular flexibility index (Phi) is 6.15. The summed E-state index contributed by atoms with van der Waals surface area (Å²) in [6, 6.07) is 0.470. The van der Waals surface area contributed by atoms with E-state index in [0.717, 1.165) is 26.4 Å². The molecule has 3 nitrogen and oxygen atoms in total. The van der Waals surface area contributed by atoms with Gasteiger partial charge in [0.05, 0.1) is 19.3 Å². The minimum absolute atomic E-state index is 0.470. The molecule has 0 radical (unpaired) electrons. The second-order valence-corrected chi connectivity index (χ2v) is 3.72. The second kappa shape index (κ2) is 7.21. The van der Waals surface area contributed by atoms with E-state index in [1.165, 1.54) is 25.9 Å². The van der Waals surface area contributed by atoms with Gasteiger partial charge in [-0.2, -0.15) is 0 Å². The van der Waals surface area contributed by atoms with Crippen molar-refractivity contribution in [2.24, 2.45) is 0 Å². The standard InChI is InChI=1S/C11H23NO2/c1-3-13-9-11(10-14-4-2)12-7-5-6-8-12/h11H,3-10H2,1-2H3. The summed E-state index contributed by atoms with van der Waals surface area (Å²) in [7, 11) is 0. The molecule has 0 aromatic rings. The first kappa shape index (κ1) is 12.0. The first-order chi connectivity index (χ1) is 6.88. The number of ether oxygens (including phenoxy) is 2. The SMILES string of the molecule is CCOCC(COCC)N1CCCC1. The lowest BCUT2D eigenvalue weighted by Crippen LogP contribution is -2.40. The third-order valence-electron chi connectivity index (χ3n) is 2.69. The predicted octanol–water partition coefficient (Wildman–Crippen LogP) is 1.52. The molecule has 1 saturated heterocycles. The molecule has 0 aromatic carbocycles. The molecule has 3 heteroatoms. The van der Waals surface area contributed by atoms with Gasteiger partial charge in [-0.15, -0.1) is 0 Å². The van der Waals surface area contributed by atoms with Crippen molar-refractivity contribution in [3.8, 4) is 0 Å². The summed E-state index contributed by atoms with van der Waals surface area (Å²) in [5, 5.41) is 0. The van der Waals surface area contributed by atoms with Crippen LogP contribution in [0.1, 0.15) is 26.7 Å². The van der Waals surface area contributed by atoms with E-state index in [9.17, 15) is 0 Å². The normalized spacial score (nSPS) is 18.2. The van der Waals surface area contributed by atoms with Crippen LogP contribution in [-0.2, 0) is 9.47 Å². The van der Waals surface area contributed by atoms with Crippen molar-refractivity contribution in [1.82, 2.24) is 4.90 Å². The molecule has 1 aliphatic rings. The fourth-order valence-corrected chi connectivity index (χ4v) is 1.87. The molecule has 0 spiro atoms. The summed E-state index contributed by atoms with van der Waals surface area (Å²) in [6.45, 7) is 9.75. The Morgan fingerprint density at radius 2 is 1.50 bits per heavy atom. The van der Waals surface area contributed by atoms with E-state index in [-0.39, 0.29) is 0 Å². The van der Waals surface area contributed by atoms with Crippen molar-refractivity contribution in [1.29, 1.82) is 0 Å². The Morgan fingerprint density at radius 1 is 1.00 bits per heavy atom. The van der Waals surface area contributed by atoms with Crippen LogP contribution >= 0.6 is 0 Å². The third kappa shape index (κ3) is 3.95. The minimum Gasteiger partial charge on any atom is -0.380 e. The van der Waals surface area contributed by atoms with E-state index in [1.54, 1.807) is 0 Å². The van der Waals surface area contributed by atoms with Gasteiger partial charge in [-0.25, -0.2) is 0 Å². The van der Waals surface area contributed by atoms with Crippen LogP contribution < -0.4 is 0 Å². The maximum absolute atomic E-state index is 5.48. The zero-order valence-electron chi connectivity index (χ0n) is 9.50. The van der Waals surface area contributed by atoms with Crippen LogP contribution in [0.4, 0.5) is 0 Å². The van der Waals surface area contributed by atoms with E-state index >= 15 is 0 Å². The fourth-order valence-electron chi connectivity index (χ4n) is 1.87. The quantitative estimate of drug-likeness (QED) is 0.623. The predicted molar refractivity (Wildman–Crippen MR) is 57.6 cm³/mol. The first-order valence-electron chi connectivity index (χ1n) is 5.78. The van der Waals surface area contributed by atoms with Crippen LogP contribution in [0.2, 0.25) is 0 Å². The fraction of sp³-hybridized carbons (Fsp3) is 1.00. The van der Waals surface area contributed by atoms with Crippen molar-refractivity contribution in [2.45, 2.75) is 32.7 Å². The molecule has 1 rings (SSSR count). The lowest BCUT2D eigenvalue weighted by atomic mass is 10.3. The molecule has 1 fully saturated rings. The Morgan fingerprint density at radius 3 is 1.93 bits per heavy atom. The van der Waals surface area contributed by atoms with Gasteiger partial charge in [0.25, 0.3) is 0 Å².